The van der Waals surface area contributed by atoms with Crippen molar-refractivity contribution in [3.8, 4) is 11.3 Å². The fourth-order valence-electron chi connectivity index (χ4n) is 3.32. The van der Waals surface area contributed by atoms with E-state index in [1.165, 1.54) is 17.0 Å². The summed E-state index contributed by atoms with van der Waals surface area (Å²) in [5.41, 5.74) is 3.19. The number of ether oxygens (including phenoxy) is 1. The van der Waals surface area contributed by atoms with Gasteiger partial charge in [-0.25, -0.2) is 9.78 Å². The molecule has 0 unspecified atom stereocenters. The molecule has 0 atom stereocenters. The fourth-order valence-corrected chi connectivity index (χ4v) is 4.77. The van der Waals surface area contributed by atoms with E-state index in [0.29, 0.717) is 19.0 Å². The van der Waals surface area contributed by atoms with Gasteiger partial charge < -0.3 is 19.9 Å². The molecule has 7 nitrogen and oxygen atoms in total. The van der Waals surface area contributed by atoms with Gasteiger partial charge in [0, 0.05) is 50.9 Å². The van der Waals surface area contributed by atoms with Crippen molar-refractivity contribution in [3.05, 3.63) is 34.7 Å². The lowest BCUT2D eigenvalue weighted by molar-refractivity contribution is 0.151. The second kappa shape index (κ2) is 10.3. The number of carbonyl (C=O) groups excluding carboxylic acids is 1. The maximum atomic E-state index is 11.9. The zero-order chi connectivity index (χ0) is 22.4. The van der Waals surface area contributed by atoms with Gasteiger partial charge in [0.05, 0.1) is 24.7 Å². The van der Waals surface area contributed by atoms with Crippen LogP contribution in [0.15, 0.2) is 29.6 Å². The Kier molecular flexibility index (Phi) is 7.72. The predicted octanol–water partition coefficient (Wildman–Crippen LogP) is 4.49. The summed E-state index contributed by atoms with van der Waals surface area (Å²) in [6.45, 7) is 13.1. The topological polar surface area (TPSA) is 81.6 Å². The Morgan fingerprint density at radius 1 is 1.19 bits per heavy atom. The molecule has 0 saturated carbocycles. The third-order valence-corrected chi connectivity index (χ3v) is 7.86. The minimum Gasteiger partial charge on any atom is -0.450 e. The summed E-state index contributed by atoms with van der Waals surface area (Å²) in [6, 6.07) is 9.43. The molecule has 1 fully saturated rings. The Morgan fingerprint density at radius 2 is 1.87 bits per heavy atom. The number of rotatable bonds is 7. The molecule has 31 heavy (non-hydrogen) atoms. The molecule has 1 saturated heterocycles. The highest BCUT2D eigenvalue weighted by atomic mass is 32.1. The van der Waals surface area contributed by atoms with E-state index in [-0.39, 0.29) is 6.09 Å². The predicted molar refractivity (Wildman–Crippen MR) is 131 cm³/mol. The number of hydrogen-bond acceptors (Lipinski definition) is 6. The number of alkyl carbamates (subject to hydrolysis) is 1. The summed E-state index contributed by atoms with van der Waals surface area (Å²) in [5, 5.41) is 13.4. The van der Waals surface area contributed by atoms with E-state index in [1.54, 1.807) is 0 Å². The molecule has 0 bridgehead atoms. The molecule has 0 aliphatic carbocycles. The molecule has 2 heterocycles. The van der Waals surface area contributed by atoms with Crippen LogP contribution in [0.25, 0.3) is 11.3 Å². The Labute approximate surface area is 189 Å². The van der Waals surface area contributed by atoms with E-state index >= 15 is 0 Å². The molecule has 0 radical (unpaired) electrons. The van der Waals surface area contributed by atoms with E-state index in [4.69, 9.17) is 10.1 Å². The number of hydrogen-bond donors (Lipinski definition) is 2. The first kappa shape index (κ1) is 23.3. The SMILES string of the molecule is CC(=N)N1CCN(c2ccc(-c3csc(CNC(=O)OCC[Si](C)(C)C)n3)cc2)CC1. The molecular weight excluding hydrogens is 426 g/mol. The lowest BCUT2D eigenvalue weighted by Crippen LogP contribution is -2.47. The minimum absolute atomic E-state index is 0.377. The quantitative estimate of drug-likeness (QED) is 0.362. The van der Waals surface area contributed by atoms with Crippen LogP contribution in [-0.2, 0) is 11.3 Å². The van der Waals surface area contributed by atoms with E-state index in [1.807, 2.05) is 12.3 Å². The minimum atomic E-state index is -1.20. The van der Waals surface area contributed by atoms with Crippen molar-refractivity contribution in [2.45, 2.75) is 39.2 Å². The number of amides is 1. The van der Waals surface area contributed by atoms with Crippen LogP contribution in [0.4, 0.5) is 10.5 Å². The van der Waals surface area contributed by atoms with Crippen molar-refractivity contribution in [2.75, 3.05) is 37.7 Å². The normalized spacial score (nSPS) is 14.5. The summed E-state index contributed by atoms with van der Waals surface area (Å²) < 4.78 is 5.26. The van der Waals surface area contributed by atoms with Gasteiger partial charge in [-0.1, -0.05) is 31.8 Å². The van der Waals surface area contributed by atoms with E-state index in [2.05, 4.69) is 64.0 Å². The maximum Gasteiger partial charge on any atom is 0.407 e. The number of benzene rings is 1. The Balaban J connectivity index is 1.48. The van der Waals surface area contributed by atoms with Crippen LogP contribution in [0.2, 0.25) is 25.7 Å². The Bertz CT molecular complexity index is 886. The van der Waals surface area contributed by atoms with Crippen LogP contribution in [0.3, 0.4) is 0 Å². The van der Waals surface area contributed by atoms with Crippen molar-refractivity contribution >= 4 is 37.0 Å². The van der Waals surface area contributed by atoms with Crippen molar-refractivity contribution in [3.63, 3.8) is 0 Å². The second-order valence-electron chi connectivity index (χ2n) is 9.03. The number of nitrogens with zero attached hydrogens (tertiary/aromatic N) is 3. The summed E-state index contributed by atoms with van der Waals surface area (Å²) in [5.74, 6) is 0.642. The number of nitrogens with one attached hydrogen (secondary N) is 2. The molecule has 2 aromatic rings. The zero-order valence-electron chi connectivity index (χ0n) is 18.9. The summed E-state index contributed by atoms with van der Waals surface area (Å²) in [4.78, 5) is 21.0. The average Bonchev–Trinajstić information content (AvgIpc) is 3.21. The van der Waals surface area contributed by atoms with Crippen molar-refractivity contribution in [1.29, 1.82) is 5.41 Å². The smallest absolute Gasteiger partial charge is 0.407 e. The number of aromatic nitrogens is 1. The Hall–Kier alpha value is -2.39. The van der Waals surface area contributed by atoms with Gasteiger partial charge in [0.25, 0.3) is 0 Å². The van der Waals surface area contributed by atoms with Gasteiger partial charge in [-0.3, -0.25) is 5.41 Å². The highest BCUT2D eigenvalue weighted by Crippen LogP contribution is 2.25. The van der Waals surface area contributed by atoms with Crippen LogP contribution >= 0.6 is 11.3 Å². The van der Waals surface area contributed by atoms with Gasteiger partial charge in [-0.15, -0.1) is 11.3 Å². The molecule has 1 aromatic carbocycles. The molecule has 3 rings (SSSR count). The van der Waals surface area contributed by atoms with Crippen LogP contribution < -0.4 is 10.2 Å². The molecule has 1 amide bonds. The first-order valence-electron chi connectivity index (χ1n) is 10.7. The van der Waals surface area contributed by atoms with E-state index in [9.17, 15) is 4.79 Å². The van der Waals surface area contributed by atoms with Gasteiger partial charge in [-0.05, 0) is 25.1 Å². The number of amidine groups is 1. The molecule has 2 N–H and O–H groups in total. The first-order chi connectivity index (χ1) is 14.7. The third kappa shape index (κ3) is 7.07. The van der Waals surface area contributed by atoms with E-state index in [0.717, 1.165) is 48.5 Å². The monoisotopic (exact) mass is 459 g/mol. The zero-order valence-corrected chi connectivity index (χ0v) is 20.7. The third-order valence-electron chi connectivity index (χ3n) is 5.30. The van der Waals surface area contributed by atoms with E-state index < -0.39 is 8.07 Å². The molecule has 9 heteroatoms. The molecular formula is C22H33N5O2SSi. The highest BCUT2D eigenvalue weighted by Gasteiger charge is 2.18. The standard InChI is InChI=1S/C22H33N5O2SSi/c1-17(23)26-9-11-27(12-10-26)19-7-5-18(6-8-19)20-16-30-21(25-20)15-24-22(28)29-13-14-31(2,3)4/h5-8,16,23H,9-15H2,1-4H3,(H,24,28). The lowest BCUT2D eigenvalue weighted by atomic mass is 10.1. The van der Waals surface area contributed by atoms with Crippen molar-refractivity contribution < 1.29 is 9.53 Å². The molecule has 1 aliphatic rings. The maximum absolute atomic E-state index is 11.9. The van der Waals surface area contributed by atoms with Crippen molar-refractivity contribution in [2.24, 2.45) is 0 Å². The van der Waals surface area contributed by atoms with Gasteiger partial charge >= 0.3 is 6.09 Å². The largest absolute Gasteiger partial charge is 0.450 e. The van der Waals surface area contributed by atoms with Crippen LogP contribution in [0.5, 0.6) is 0 Å². The van der Waals surface area contributed by atoms with Gasteiger partial charge in [0.2, 0.25) is 0 Å². The first-order valence-corrected chi connectivity index (χ1v) is 15.3. The van der Waals surface area contributed by atoms with Crippen molar-refractivity contribution in [1.82, 2.24) is 15.2 Å². The molecule has 0 spiro atoms. The van der Waals surface area contributed by atoms with Crippen LogP contribution in [0, 0.1) is 5.41 Å². The fraction of sp³-hybridized carbons (Fsp3) is 0.500. The summed E-state index contributed by atoms with van der Waals surface area (Å²) in [6.07, 6.45) is -0.377. The molecule has 1 aromatic heterocycles. The summed E-state index contributed by atoms with van der Waals surface area (Å²) >= 11 is 1.54. The average molecular weight is 460 g/mol. The molecule has 168 valence electrons. The lowest BCUT2D eigenvalue weighted by Gasteiger charge is -2.36. The number of thiazole rings is 1. The second-order valence-corrected chi connectivity index (χ2v) is 15.6. The highest BCUT2D eigenvalue weighted by molar-refractivity contribution is 7.09. The molecule has 1 aliphatic heterocycles. The van der Waals surface area contributed by atoms with Gasteiger partial charge in [0.1, 0.15) is 5.01 Å². The van der Waals surface area contributed by atoms with Crippen LogP contribution in [0.1, 0.15) is 11.9 Å². The Morgan fingerprint density at radius 3 is 2.48 bits per heavy atom. The number of carbonyl (C=O) groups is 1. The van der Waals surface area contributed by atoms with Gasteiger partial charge in [-0.2, -0.15) is 0 Å². The van der Waals surface area contributed by atoms with Crippen LogP contribution in [-0.4, -0.2) is 62.7 Å². The number of anilines is 1. The number of piperazine rings is 1. The van der Waals surface area contributed by atoms with Gasteiger partial charge in [0.15, 0.2) is 0 Å². The summed E-state index contributed by atoms with van der Waals surface area (Å²) in [7, 11) is -1.20.